The molecule has 0 fully saturated rings. The van der Waals surface area contributed by atoms with E-state index in [4.69, 9.17) is 11.6 Å². The minimum atomic E-state index is -0.0526. The van der Waals surface area contributed by atoms with E-state index in [0.717, 1.165) is 9.35 Å². The maximum Gasteiger partial charge on any atom is 0.0846 e. The van der Waals surface area contributed by atoms with Gasteiger partial charge in [-0.3, -0.25) is 0 Å². The van der Waals surface area contributed by atoms with Gasteiger partial charge in [0.2, 0.25) is 0 Å². The molecule has 1 unspecified atom stereocenters. The van der Waals surface area contributed by atoms with E-state index < -0.39 is 0 Å². The van der Waals surface area contributed by atoms with Crippen molar-refractivity contribution in [2.24, 2.45) is 0 Å². The molecule has 0 aliphatic carbocycles. The normalized spacial score (nSPS) is 12.8. The van der Waals surface area contributed by atoms with Gasteiger partial charge in [0, 0.05) is 4.88 Å². The van der Waals surface area contributed by atoms with Crippen molar-refractivity contribution in [3.05, 3.63) is 55.7 Å². The highest BCUT2D eigenvalue weighted by molar-refractivity contribution is 9.11. The van der Waals surface area contributed by atoms with Gasteiger partial charge in [-0.15, -0.1) is 22.9 Å². The van der Waals surface area contributed by atoms with Crippen molar-refractivity contribution in [2.45, 2.75) is 19.2 Å². The predicted molar refractivity (Wildman–Crippen MR) is 75.6 cm³/mol. The number of alkyl halides is 1. The Bertz CT molecular complexity index is 487. The maximum atomic E-state index is 6.49. The smallest absolute Gasteiger partial charge is 0.0846 e. The summed E-state index contributed by atoms with van der Waals surface area (Å²) in [7, 11) is 0. The topological polar surface area (TPSA) is 0 Å². The third kappa shape index (κ3) is 2.50. The second-order valence-corrected chi connectivity index (χ2v) is 6.91. The Morgan fingerprint density at radius 1 is 1.19 bits per heavy atom. The molecule has 0 saturated carbocycles. The van der Waals surface area contributed by atoms with Gasteiger partial charge in [0.15, 0.2) is 0 Å². The summed E-state index contributed by atoms with van der Waals surface area (Å²) in [5.74, 6) is 0. The van der Waals surface area contributed by atoms with Gasteiger partial charge in [-0.05, 0) is 47.0 Å². The van der Waals surface area contributed by atoms with Crippen molar-refractivity contribution in [1.82, 2.24) is 0 Å². The van der Waals surface area contributed by atoms with Crippen LogP contribution in [0.5, 0.6) is 0 Å². The quantitative estimate of drug-likeness (QED) is 0.646. The molecule has 0 radical (unpaired) electrons. The number of aryl methyl sites for hydroxylation is 2. The van der Waals surface area contributed by atoms with E-state index in [9.17, 15) is 0 Å². The summed E-state index contributed by atoms with van der Waals surface area (Å²) >= 11 is 11.7. The summed E-state index contributed by atoms with van der Waals surface area (Å²) in [6.07, 6.45) is 0. The van der Waals surface area contributed by atoms with Crippen molar-refractivity contribution in [2.75, 3.05) is 0 Å². The summed E-state index contributed by atoms with van der Waals surface area (Å²) in [5, 5.41) is -0.0526. The van der Waals surface area contributed by atoms with Gasteiger partial charge in [-0.25, -0.2) is 0 Å². The van der Waals surface area contributed by atoms with Crippen LogP contribution in [-0.2, 0) is 0 Å². The lowest BCUT2D eigenvalue weighted by Crippen LogP contribution is -1.92. The SMILES string of the molecule is Cc1ccc(C(Cl)c2cc(Br)sc2C)cc1. The van der Waals surface area contributed by atoms with E-state index >= 15 is 0 Å². The van der Waals surface area contributed by atoms with E-state index in [1.807, 2.05) is 0 Å². The minimum Gasteiger partial charge on any atom is -0.133 e. The van der Waals surface area contributed by atoms with Crippen molar-refractivity contribution in [3.8, 4) is 0 Å². The Hall–Kier alpha value is -0.310. The second kappa shape index (κ2) is 4.91. The van der Waals surface area contributed by atoms with Crippen LogP contribution in [0.4, 0.5) is 0 Å². The van der Waals surface area contributed by atoms with Gasteiger partial charge in [0.05, 0.1) is 9.16 Å². The molecule has 1 heterocycles. The standard InChI is InChI=1S/C13H12BrClS/c1-8-3-5-10(6-4-8)13(15)11-7-12(14)16-9(11)2/h3-7,13H,1-2H3. The number of rotatable bonds is 2. The second-order valence-electron chi connectivity index (χ2n) is 3.84. The highest BCUT2D eigenvalue weighted by Crippen LogP contribution is 2.37. The lowest BCUT2D eigenvalue weighted by Gasteiger charge is -2.09. The van der Waals surface area contributed by atoms with Crippen molar-refractivity contribution >= 4 is 38.9 Å². The third-order valence-electron chi connectivity index (χ3n) is 2.57. The molecule has 0 aliphatic heterocycles. The lowest BCUT2D eigenvalue weighted by atomic mass is 10.0. The third-order valence-corrected chi connectivity index (χ3v) is 4.63. The Kier molecular flexibility index (Phi) is 3.73. The zero-order valence-electron chi connectivity index (χ0n) is 9.13. The summed E-state index contributed by atoms with van der Waals surface area (Å²) < 4.78 is 1.14. The van der Waals surface area contributed by atoms with Crippen LogP contribution in [0, 0.1) is 13.8 Å². The van der Waals surface area contributed by atoms with Crippen LogP contribution in [0.25, 0.3) is 0 Å². The zero-order valence-corrected chi connectivity index (χ0v) is 12.3. The van der Waals surface area contributed by atoms with Crippen LogP contribution in [0.3, 0.4) is 0 Å². The zero-order chi connectivity index (χ0) is 11.7. The van der Waals surface area contributed by atoms with Gasteiger partial charge < -0.3 is 0 Å². The Morgan fingerprint density at radius 3 is 2.31 bits per heavy atom. The monoisotopic (exact) mass is 314 g/mol. The van der Waals surface area contributed by atoms with Crippen LogP contribution in [0.2, 0.25) is 0 Å². The fourth-order valence-corrected chi connectivity index (χ4v) is 3.81. The fourth-order valence-electron chi connectivity index (χ4n) is 1.63. The molecule has 84 valence electrons. The molecule has 3 heteroatoms. The molecule has 0 amide bonds. The number of thiophene rings is 1. The molecule has 0 saturated heterocycles. The number of hydrogen-bond acceptors (Lipinski definition) is 1. The molecule has 2 aromatic rings. The first-order chi connectivity index (χ1) is 7.58. The van der Waals surface area contributed by atoms with Crippen molar-refractivity contribution in [3.63, 3.8) is 0 Å². The highest BCUT2D eigenvalue weighted by Gasteiger charge is 2.15. The Labute approximate surface area is 113 Å². The Morgan fingerprint density at radius 2 is 1.81 bits per heavy atom. The molecule has 1 atom stereocenters. The van der Waals surface area contributed by atoms with E-state index in [-0.39, 0.29) is 5.38 Å². The molecule has 0 spiro atoms. The van der Waals surface area contributed by atoms with Crippen LogP contribution in [-0.4, -0.2) is 0 Å². The lowest BCUT2D eigenvalue weighted by molar-refractivity contribution is 1.13. The van der Waals surface area contributed by atoms with Crippen LogP contribution < -0.4 is 0 Å². The van der Waals surface area contributed by atoms with Crippen molar-refractivity contribution < 1.29 is 0 Å². The number of halogens is 2. The first kappa shape index (κ1) is 12.2. The van der Waals surface area contributed by atoms with Crippen LogP contribution in [0.15, 0.2) is 34.1 Å². The molecule has 0 bridgehead atoms. The van der Waals surface area contributed by atoms with Gasteiger partial charge in [0.1, 0.15) is 0 Å². The first-order valence-corrected chi connectivity index (χ1v) is 7.09. The number of hydrogen-bond donors (Lipinski definition) is 0. The van der Waals surface area contributed by atoms with E-state index in [2.05, 4.69) is 60.1 Å². The molecule has 1 aromatic carbocycles. The molecule has 0 aliphatic rings. The fraction of sp³-hybridized carbons (Fsp3) is 0.231. The maximum absolute atomic E-state index is 6.49. The van der Waals surface area contributed by atoms with Crippen LogP contribution >= 0.6 is 38.9 Å². The minimum absolute atomic E-state index is 0.0526. The van der Waals surface area contributed by atoms with Gasteiger partial charge >= 0.3 is 0 Å². The summed E-state index contributed by atoms with van der Waals surface area (Å²) in [4.78, 5) is 1.27. The van der Waals surface area contributed by atoms with Crippen molar-refractivity contribution in [1.29, 1.82) is 0 Å². The Balaban J connectivity index is 2.35. The van der Waals surface area contributed by atoms with Gasteiger partial charge in [-0.1, -0.05) is 29.8 Å². The van der Waals surface area contributed by atoms with Gasteiger partial charge in [-0.2, -0.15) is 0 Å². The molecule has 16 heavy (non-hydrogen) atoms. The van der Waals surface area contributed by atoms with E-state index in [1.165, 1.54) is 16.0 Å². The largest absolute Gasteiger partial charge is 0.133 e. The summed E-state index contributed by atoms with van der Waals surface area (Å²) in [6, 6.07) is 10.5. The molecular formula is C13H12BrClS. The summed E-state index contributed by atoms with van der Waals surface area (Å²) in [5.41, 5.74) is 3.61. The van der Waals surface area contributed by atoms with E-state index in [1.54, 1.807) is 11.3 Å². The predicted octanol–water partition coefficient (Wildman–Crippen LogP) is 5.46. The molecule has 1 aromatic heterocycles. The average molecular weight is 316 g/mol. The van der Waals surface area contributed by atoms with Crippen LogP contribution in [0.1, 0.15) is 26.9 Å². The first-order valence-electron chi connectivity index (χ1n) is 5.04. The van der Waals surface area contributed by atoms with E-state index in [0.29, 0.717) is 0 Å². The molecule has 0 nitrogen and oxygen atoms in total. The number of benzene rings is 1. The highest BCUT2D eigenvalue weighted by atomic mass is 79.9. The van der Waals surface area contributed by atoms with Gasteiger partial charge in [0.25, 0.3) is 0 Å². The average Bonchev–Trinajstić information content (AvgIpc) is 2.58. The molecular weight excluding hydrogens is 304 g/mol. The molecule has 2 rings (SSSR count). The summed E-state index contributed by atoms with van der Waals surface area (Å²) in [6.45, 7) is 4.19. The molecule has 0 N–H and O–H groups in total.